The number of fused-ring (bicyclic) bond motifs is 3. The van der Waals surface area contributed by atoms with Crippen LogP contribution in [-0.4, -0.2) is 73.3 Å². The van der Waals surface area contributed by atoms with Crippen molar-refractivity contribution in [2.75, 3.05) is 24.5 Å². The number of anilines is 1. The Kier molecular flexibility index (Phi) is 6.62. The molecule has 6 rings (SSSR count). The Labute approximate surface area is 237 Å². The summed E-state index contributed by atoms with van der Waals surface area (Å²) < 4.78 is 29.9. The molecule has 3 aliphatic rings. The van der Waals surface area contributed by atoms with Gasteiger partial charge in [-0.3, -0.25) is 24.4 Å². The van der Waals surface area contributed by atoms with Gasteiger partial charge in [0.1, 0.15) is 17.3 Å². The van der Waals surface area contributed by atoms with Crippen molar-refractivity contribution in [2.45, 2.75) is 65.1 Å². The van der Waals surface area contributed by atoms with Crippen molar-refractivity contribution in [1.29, 1.82) is 0 Å². The maximum atomic E-state index is 14.3. The second-order valence-electron chi connectivity index (χ2n) is 11.6. The lowest BCUT2D eigenvalue weighted by Gasteiger charge is -2.34. The predicted molar refractivity (Wildman–Crippen MR) is 151 cm³/mol. The predicted octanol–water partition coefficient (Wildman–Crippen LogP) is 4.72. The van der Waals surface area contributed by atoms with E-state index < -0.39 is 17.2 Å². The first kappa shape index (κ1) is 27.0. The molecular formula is C30H33F2N7O2. The molecule has 2 amide bonds. The maximum absolute atomic E-state index is 14.3. The number of benzene rings is 1. The largest absolute Gasteiger partial charge is 0.335 e. The summed E-state index contributed by atoms with van der Waals surface area (Å²) >= 11 is 0. The van der Waals surface area contributed by atoms with E-state index in [1.54, 1.807) is 23.2 Å². The molecule has 1 fully saturated rings. The van der Waals surface area contributed by atoms with Gasteiger partial charge in [-0.1, -0.05) is 6.07 Å². The summed E-state index contributed by atoms with van der Waals surface area (Å²) in [7, 11) is 0. The molecule has 0 radical (unpaired) electrons. The summed E-state index contributed by atoms with van der Waals surface area (Å²) in [6, 6.07) is 7.32. The molecule has 0 saturated carbocycles. The normalized spacial score (nSPS) is 19.8. The number of rotatable bonds is 5. The van der Waals surface area contributed by atoms with Crippen LogP contribution in [-0.2, 0) is 6.54 Å². The molecule has 0 bridgehead atoms. The summed E-state index contributed by atoms with van der Waals surface area (Å²) in [4.78, 5) is 46.7. The van der Waals surface area contributed by atoms with Gasteiger partial charge in [0, 0.05) is 30.9 Å². The first-order valence-electron chi connectivity index (χ1n) is 14.1. The highest BCUT2D eigenvalue weighted by Crippen LogP contribution is 2.39. The zero-order valence-corrected chi connectivity index (χ0v) is 23.7. The van der Waals surface area contributed by atoms with Crippen LogP contribution < -0.4 is 4.90 Å². The number of halogens is 2. The van der Waals surface area contributed by atoms with E-state index in [4.69, 9.17) is 9.98 Å². The molecule has 41 heavy (non-hydrogen) atoms. The molecule has 1 atom stereocenters. The molecule has 0 aliphatic carbocycles. The quantitative estimate of drug-likeness (QED) is 0.450. The minimum Gasteiger partial charge on any atom is -0.335 e. The molecule has 0 spiro atoms. The Morgan fingerprint density at radius 3 is 2.66 bits per heavy atom. The van der Waals surface area contributed by atoms with Crippen molar-refractivity contribution < 1.29 is 18.4 Å². The van der Waals surface area contributed by atoms with Gasteiger partial charge >= 0.3 is 0 Å². The number of hydrogen-bond donors (Lipinski definition) is 0. The van der Waals surface area contributed by atoms with Crippen LogP contribution in [0.3, 0.4) is 0 Å². The lowest BCUT2D eigenvalue weighted by molar-refractivity contribution is 0.0629. The number of hydrogen-bond acceptors (Lipinski definition) is 6. The highest BCUT2D eigenvalue weighted by molar-refractivity contribution is 6.18. The Balaban J connectivity index is 1.50. The summed E-state index contributed by atoms with van der Waals surface area (Å²) in [5, 5.41) is 0. The molecule has 5 heterocycles. The van der Waals surface area contributed by atoms with Crippen molar-refractivity contribution in [3.05, 3.63) is 65.1 Å². The number of pyridine rings is 1. The minimum atomic E-state index is -0.955. The number of amides is 2. The van der Waals surface area contributed by atoms with E-state index in [-0.39, 0.29) is 30.1 Å². The Morgan fingerprint density at radius 1 is 1.12 bits per heavy atom. The minimum absolute atomic E-state index is 0.118. The van der Waals surface area contributed by atoms with E-state index in [0.29, 0.717) is 54.1 Å². The molecule has 214 valence electrons. The molecule has 1 unspecified atom stereocenters. The third-order valence-corrected chi connectivity index (χ3v) is 8.02. The highest BCUT2D eigenvalue weighted by atomic mass is 19.2. The van der Waals surface area contributed by atoms with Crippen molar-refractivity contribution in [3.63, 3.8) is 0 Å². The molecule has 1 aromatic carbocycles. The number of aromatic nitrogens is 3. The SMILES string of the molecule is CCN1C(=O)c2nc(-c3ccnc(C(=O)N4CCCCC4C)c3)n(Cc3ccc(F)c(F)c3)c2N2CC(C)(C)N=C12. The van der Waals surface area contributed by atoms with E-state index in [1.165, 1.54) is 6.07 Å². The number of nitrogens with zero attached hydrogens (tertiary/aromatic N) is 7. The first-order chi connectivity index (χ1) is 19.6. The standard InChI is InChI=1S/C30H33F2N7O2/c1-5-36-28(41)24-26(39-17-30(3,4)35-29(36)39)38(16-19-9-10-21(31)22(32)14-19)25(34-24)20-11-12-33-23(15-20)27(40)37-13-7-6-8-18(37)2/h9-12,14-15,18H,5-8,13,16-17H2,1-4H3. The number of likely N-dealkylation sites (tertiary alicyclic amines) is 1. The van der Waals surface area contributed by atoms with Gasteiger partial charge in [-0.25, -0.2) is 18.8 Å². The lowest BCUT2D eigenvalue weighted by atomic mass is 10.0. The van der Waals surface area contributed by atoms with Gasteiger partial charge < -0.3 is 9.47 Å². The Bertz CT molecular complexity index is 1580. The maximum Gasteiger partial charge on any atom is 0.283 e. The van der Waals surface area contributed by atoms with Gasteiger partial charge in [-0.05, 0) is 76.8 Å². The number of carbonyl (C=O) groups excluding carboxylic acids is 2. The Hall–Kier alpha value is -4.15. The molecular weight excluding hydrogens is 528 g/mol. The fourth-order valence-electron chi connectivity index (χ4n) is 5.99. The number of piperidine rings is 1. The molecule has 3 aliphatic heterocycles. The van der Waals surface area contributed by atoms with Crippen LogP contribution in [0.25, 0.3) is 11.4 Å². The third kappa shape index (κ3) is 4.66. The molecule has 9 nitrogen and oxygen atoms in total. The van der Waals surface area contributed by atoms with E-state index in [0.717, 1.165) is 31.4 Å². The average molecular weight is 562 g/mol. The van der Waals surface area contributed by atoms with Crippen LogP contribution in [0.4, 0.5) is 14.6 Å². The van der Waals surface area contributed by atoms with Gasteiger partial charge in [-0.15, -0.1) is 0 Å². The fourth-order valence-corrected chi connectivity index (χ4v) is 5.99. The van der Waals surface area contributed by atoms with E-state index >= 15 is 0 Å². The zero-order valence-electron chi connectivity index (χ0n) is 23.7. The van der Waals surface area contributed by atoms with Crippen LogP contribution >= 0.6 is 0 Å². The van der Waals surface area contributed by atoms with Gasteiger partial charge in [0.05, 0.1) is 18.6 Å². The summed E-state index contributed by atoms with van der Waals surface area (Å²) in [5.41, 5.74) is 1.18. The fraction of sp³-hybridized carbons (Fsp3) is 0.433. The van der Waals surface area contributed by atoms with E-state index in [2.05, 4.69) is 4.98 Å². The topological polar surface area (TPSA) is 86.9 Å². The second kappa shape index (κ2) is 10.0. The average Bonchev–Trinajstić information content (AvgIpc) is 3.48. The number of aliphatic imine (C=N–C) groups is 1. The third-order valence-electron chi connectivity index (χ3n) is 8.02. The van der Waals surface area contributed by atoms with Crippen LogP contribution in [0.1, 0.15) is 73.5 Å². The zero-order chi connectivity index (χ0) is 29.1. The van der Waals surface area contributed by atoms with Crippen LogP contribution in [0.15, 0.2) is 41.5 Å². The van der Waals surface area contributed by atoms with Gasteiger partial charge in [-0.2, -0.15) is 0 Å². The van der Waals surface area contributed by atoms with Crippen molar-refractivity contribution >= 4 is 23.6 Å². The summed E-state index contributed by atoms with van der Waals surface area (Å²) in [5.74, 6) is -0.813. The summed E-state index contributed by atoms with van der Waals surface area (Å²) in [6.07, 6.45) is 4.56. The molecule has 1 saturated heterocycles. The van der Waals surface area contributed by atoms with Gasteiger partial charge in [0.25, 0.3) is 11.8 Å². The van der Waals surface area contributed by atoms with Crippen molar-refractivity contribution in [3.8, 4) is 11.4 Å². The first-order valence-corrected chi connectivity index (χ1v) is 14.1. The van der Waals surface area contributed by atoms with E-state index in [1.807, 2.05) is 42.1 Å². The van der Waals surface area contributed by atoms with Crippen LogP contribution in [0.5, 0.6) is 0 Å². The molecule has 0 N–H and O–H groups in total. The molecule has 3 aromatic rings. The second-order valence-corrected chi connectivity index (χ2v) is 11.6. The molecule has 2 aromatic heterocycles. The van der Waals surface area contributed by atoms with Crippen LogP contribution in [0, 0.1) is 11.6 Å². The van der Waals surface area contributed by atoms with Crippen molar-refractivity contribution in [1.82, 2.24) is 24.3 Å². The molecule has 11 heteroatoms. The highest BCUT2D eigenvalue weighted by Gasteiger charge is 2.46. The number of carbonyl (C=O) groups is 2. The monoisotopic (exact) mass is 561 g/mol. The van der Waals surface area contributed by atoms with Crippen molar-refractivity contribution in [2.24, 2.45) is 4.99 Å². The Morgan fingerprint density at radius 2 is 1.93 bits per heavy atom. The van der Waals surface area contributed by atoms with Gasteiger partial charge in [0.15, 0.2) is 17.3 Å². The smallest absolute Gasteiger partial charge is 0.283 e. The number of guanidine groups is 1. The van der Waals surface area contributed by atoms with E-state index in [9.17, 15) is 18.4 Å². The lowest BCUT2D eigenvalue weighted by Crippen LogP contribution is -2.51. The van der Waals surface area contributed by atoms with Crippen LogP contribution in [0.2, 0.25) is 0 Å². The van der Waals surface area contributed by atoms with Gasteiger partial charge in [0.2, 0.25) is 5.96 Å². The summed E-state index contributed by atoms with van der Waals surface area (Å²) in [6.45, 7) is 9.64. The number of imidazole rings is 1.